The van der Waals surface area contributed by atoms with E-state index >= 15 is 0 Å². The van der Waals surface area contributed by atoms with Gasteiger partial charge in [0.05, 0.1) is 24.8 Å². The van der Waals surface area contributed by atoms with Crippen molar-refractivity contribution in [2.45, 2.75) is 13.1 Å². The van der Waals surface area contributed by atoms with Crippen LogP contribution in [0.1, 0.15) is 15.9 Å². The van der Waals surface area contributed by atoms with Crippen LogP contribution in [0.2, 0.25) is 0 Å². The Bertz CT molecular complexity index is 1320. The van der Waals surface area contributed by atoms with Gasteiger partial charge in [-0.3, -0.25) is 19.0 Å². The van der Waals surface area contributed by atoms with Gasteiger partial charge in [-0.1, -0.05) is 12.1 Å². The van der Waals surface area contributed by atoms with E-state index in [2.05, 4.69) is 20.4 Å². The zero-order valence-corrected chi connectivity index (χ0v) is 15.7. The molecule has 0 fully saturated rings. The molecule has 0 aliphatic rings. The molecule has 0 spiro atoms. The second-order valence-corrected chi connectivity index (χ2v) is 6.61. The lowest BCUT2D eigenvalue weighted by Crippen LogP contribution is -2.28. The number of nitrogens with one attached hydrogen (secondary N) is 2. The number of aromatic nitrogens is 5. The molecule has 4 rings (SSSR count). The van der Waals surface area contributed by atoms with Crippen molar-refractivity contribution in [2.24, 2.45) is 0 Å². The molecule has 30 heavy (non-hydrogen) atoms. The maximum atomic E-state index is 13.4. The van der Waals surface area contributed by atoms with Gasteiger partial charge in [-0.2, -0.15) is 5.10 Å². The highest BCUT2D eigenvalue weighted by Gasteiger charge is 2.11. The number of pyridine rings is 1. The SMILES string of the molecule is O=C(NCCn1ncc2c(=O)n(Cc3cccc(F)c3)cnc21)c1ccc(=O)[nH]c1. The molecule has 0 saturated carbocycles. The van der Waals surface area contributed by atoms with Gasteiger partial charge in [0.15, 0.2) is 5.65 Å². The highest BCUT2D eigenvalue weighted by atomic mass is 19.1. The molecule has 152 valence electrons. The number of fused-ring (bicyclic) bond motifs is 1. The van der Waals surface area contributed by atoms with Crippen molar-refractivity contribution in [2.75, 3.05) is 6.54 Å². The van der Waals surface area contributed by atoms with Gasteiger partial charge in [0.25, 0.3) is 11.5 Å². The molecule has 0 aliphatic carbocycles. The number of carbonyl (C=O) groups excluding carboxylic acids is 1. The lowest BCUT2D eigenvalue weighted by molar-refractivity contribution is 0.0951. The number of aromatic amines is 1. The Balaban J connectivity index is 1.46. The third-order valence-electron chi connectivity index (χ3n) is 4.52. The largest absolute Gasteiger partial charge is 0.350 e. The quantitative estimate of drug-likeness (QED) is 0.492. The first kappa shape index (κ1) is 19.2. The third kappa shape index (κ3) is 4.02. The Morgan fingerprint density at radius 2 is 2.07 bits per heavy atom. The van der Waals surface area contributed by atoms with Crippen molar-refractivity contribution in [3.05, 3.63) is 92.8 Å². The van der Waals surface area contributed by atoms with Crippen LogP contribution in [0.15, 0.2) is 64.7 Å². The van der Waals surface area contributed by atoms with Crippen LogP contribution in [-0.4, -0.2) is 36.8 Å². The van der Waals surface area contributed by atoms with Crippen LogP contribution in [0.3, 0.4) is 0 Å². The fourth-order valence-electron chi connectivity index (χ4n) is 3.03. The van der Waals surface area contributed by atoms with Crippen molar-refractivity contribution in [3.8, 4) is 0 Å². The minimum absolute atomic E-state index is 0.194. The second kappa shape index (κ2) is 8.11. The summed E-state index contributed by atoms with van der Waals surface area (Å²) in [5.74, 6) is -0.709. The molecule has 4 aromatic rings. The first-order chi connectivity index (χ1) is 14.5. The Labute approximate surface area is 168 Å². The first-order valence-corrected chi connectivity index (χ1v) is 9.13. The van der Waals surface area contributed by atoms with E-state index < -0.39 is 0 Å². The lowest BCUT2D eigenvalue weighted by atomic mass is 10.2. The normalized spacial score (nSPS) is 11.0. The van der Waals surface area contributed by atoms with Crippen LogP contribution >= 0.6 is 0 Å². The molecule has 0 aliphatic heterocycles. The molecular formula is C20H17FN6O3. The summed E-state index contributed by atoms with van der Waals surface area (Å²) in [5.41, 5.74) is 0.805. The number of hydrogen-bond donors (Lipinski definition) is 2. The molecule has 2 N–H and O–H groups in total. The summed E-state index contributed by atoms with van der Waals surface area (Å²) < 4.78 is 16.3. The molecule has 9 nitrogen and oxygen atoms in total. The summed E-state index contributed by atoms with van der Waals surface area (Å²) in [5, 5.41) is 7.23. The lowest BCUT2D eigenvalue weighted by Gasteiger charge is -2.07. The van der Waals surface area contributed by atoms with E-state index in [1.54, 1.807) is 12.1 Å². The Morgan fingerprint density at radius 1 is 1.20 bits per heavy atom. The molecule has 3 aromatic heterocycles. The van der Waals surface area contributed by atoms with E-state index in [0.717, 1.165) is 0 Å². The summed E-state index contributed by atoms with van der Waals surface area (Å²) >= 11 is 0. The Hall–Kier alpha value is -4.08. The van der Waals surface area contributed by atoms with Gasteiger partial charge in [-0.15, -0.1) is 0 Å². The fourth-order valence-corrected chi connectivity index (χ4v) is 3.03. The second-order valence-electron chi connectivity index (χ2n) is 6.61. The molecule has 0 radical (unpaired) electrons. The molecule has 1 aromatic carbocycles. The van der Waals surface area contributed by atoms with E-state index in [9.17, 15) is 18.8 Å². The van der Waals surface area contributed by atoms with E-state index in [4.69, 9.17) is 0 Å². The number of halogens is 1. The molecule has 1 amide bonds. The summed E-state index contributed by atoms with van der Waals surface area (Å²) in [6.07, 6.45) is 4.16. The van der Waals surface area contributed by atoms with Gasteiger partial charge >= 0.3 is 0 Å². The molecule has 0 saturated heterocycles. The van der Waals surface area contributed by atoms with Gasteiger partial charge in [0.1, 0.15) is 17.5 Å². The van der Waals surface area contributed by atoms with Gasteiger partial charge in [-0.05, 0) is 23.8 Å². The molecular weight excluding hydrogens is 391 g/mol. The minimum Gasteiger partial charge on any atom is -0.350 e. The average molecular weight is 408 g/mol. The van der Waals surface area contributed by atoms with Gasteiger partial charge < -0.3 is 10.3 Å². The third-order valence-corrected chi connectivity index (χ3v) is 4.52. The Kier molecular flexibility index (Phi) is 5.21. The smallest absolute Gasteiger partial charge is 0.264 e. The van der Waals surface area contributed by atoms with Crippen LogP contribution in [0.4, 0.5) is 4.39 Å². The summed E-state index contributed by atoms with van der Waals surface area (Å²) in [7, 11) is 0. The fraction of sp³-hybridized carbons (Fsp3) is 0.150. The number of rotatable bonds is 6. The minimum atomic E-state index is -0.369. The van der Waals surface area contributed by atoms with Gasteiger partial charge in [0.2, 0.25) is 5.56 Å². The van der Waals surface area contributed by atoms with E-state index in [0.29, 0.717) is 28.7 Å². The van der Waals surface area contributed by atoms with Crippen LogP contribution in [0.25, 0.3) is 11.0 Å². The van der Waals surface area contributed by atoms with Crippen LogP contribution in [-0.2, 0) is 13.1 Å². The maximum Gasteiger partial charge on any atom is 0.264 e. The van der Waals surface area contributed by atoms with Crippen molar-refractivity contribution < 1.29 is 9.18 Å². The summed E-state index contributed by atoms with van der Waals surface area (Å²) in [6, 6.07) is 8.73. The monoisotopic (exact) mass is 408 g/mol. The first-order valence-electron chi connectivity index (χ1n) is 9.13. The number of carbonyl (C=O) groups is 1. The van der Waals surface area contributed by atoms with Crippen molar-refractivity contribution >= 4 is 16.9 Å². The number of amides is 1. The topological polar surface area (TPSA) is 115 Å². The van der Waals surface area contributed by atoms with Crippen LogP contribution in [0, 0.1) is 5.82 Å². The van der Waals surface area contributed by atoms with E-state index in [-0.39, 0.29) is 35.9 Å². The molecule has 0 unspecified atom stereocenters. The molecule has 10 heteroatoms. The maximum absolute atomic E-state index is 13.4. The van der Waals surface area contributed by atoms with Crippen molar-refractivity contribution in [1.82, 2.24) is 29.6 Å². The molecule has 0 bridgehead atoms. The predicted octanol–water partition coefficient (Wildman–Crippen LogP) is 0.899. The standard InChI is InChI=1S/C20H17FN6O3/c21-15-3-1-2-13(8-15)11-26-12-24-18-16(20(26)30)10-25-27(18)7-6-22-19(29)14-4-5-17(28)23-9-14/h1-5,8-10,12H,6-7,11H2,(H,22,29)(H,23,28). The summed E-state index contributed by atoms with van der Waals surface area (Å²) in [6.45, 7) is 0.752. The average Bonchev–Trinajstić information content (AvgIpc) is 3.14. The van der Waals surface area contributed by atoms with Crippen molar-refractivity contribution in [3.63, 3.8) is 0 Å². The van der Waals surface area contributed by atoms with E-state index in [1.165, 1.54) is 52.2 Å². The van der Waals surface area contributed by atoms with E-state index in [1.807, 2.05) is 0 Å². The summed E-state index contributed by atoms with van der Waals surface area (Å²) in [4.78, 5) is 42.6. The number of H-pyrrole nitrogens is 1. The molecule has 3 heterocycles. The van der Waals surface area contributed by atoms with Gasteiger partial charge in [0, 0.05) is 18.8 Å². The number of hydrogen-bond acceptors (Lipinski definition) is 5. The Morgan fingerprint density at radius 3 is 2.83 bits per heavy atom. The zero-order valence-electron chi connectivity index (χ0n) is 15.7. The van der Waals surface area contributed by atoms with Gasteiger partial charge in [-0.25, -0.2) is 14.1 Å². The molecule has 0 atom stereocenters. The number of benzene rings is 1. The highest BCUT2D eigenvalue weighted by molar-refractivity contribution is 5.93. The zero-order chi connectivity index (χ0) is 21.1. The van der Waals surface area contributed by atoms with Crippen LogP contribution in [0.5, 0.6) is 0 Å². The van der Waals surface area contributed by atoms with Crippen molar-refractivity contribution in [1.29, 1.82) is 0 Å². The highest BCUT2D eigenvalue weighted by Crippen LogP contribution is 2.08. The number of nitrogens with zero attached hydrogens (tertiary/aromatic N) is 4. The van der Waals surface area contributed by atoms with Crippen LogP contribution < -0.4 is 16.4 Å². The predicted molar refractivity (Wildman–Crippen MR) is 107 cm³/mol.